The van der Waals surface area contributed by atoms with E-state index >= 15 is 0 Å². The van der Waals surface area contributed by atoms with Crippen molar-refractivity contribution in [2.75, 3.05) is 13.7 Å². The minimum absolute atomic E-state index is 0.0865. The smallest absolute Gasteiger partial charge is 0.356 e. The van der Waals surface area contributed by atoms with Gasteiger partial charge in [-0.2, -0.15) is 0 Å². The molecule has 28 heavy (non-hydrogen) atoms. The van der Waals surface area contributed by atoms with Gasteiger partial charge in [0.15, 0.2) is 0 Å². The molecule has 0 fully saturated rings. The zero-order valence-electron chi connectivity index (χ0n) is 15.3. The number of rotatable bonds is 4. The Morgan fingerprint density at radius 1 is 1.14 bits per heavy atom. The molecule has 0 aliphatic heterocycles. The number of ether oxygens (including phenoxy) is 2. The summed E-state index contributed by atoms with van der Waals surface area (Å²) >= 11 is 0. The topological polar surface area (TPSA) is 91.6 Å². The average Bonchev–Trinajstić information content (AvgIpc) is 2.71. The van der Waals surface area contributed by atoms with Crippen LogP contribution in [-0.2, 0) is 4.74 Å². The predicted octanol–water partition coefficient (Wildman–Crippen LogP) is 3.73. The van der Waals surface area contributed by atoms with E-state index in [2.05, 4.69) is 16.8 Å². The lowest BCUT2D eigenvalue weighted by Gasteiger charge is -2.07. The molecule has 1 heterocycles. The summed E-state index contributed by atoms with van der Waals surface area (Å²) < 4.78 is 10.3. The molecule has 7 heteroatoms. The van der Waals surface area contributed by atoms with Crippen molar-refractivity contribution in [2.45, 2.75) is 6.92 Å². The van der Waals surface area contributed by atoms with Crippen molar-refractivity contribution in [1.29, 1.82) is 0 Å². The van der Waals surface area contributed by atoms with E-state index in [-0.39, 0.29) is 23.6 Å². The van der Waals surface area contributed by atoms with E-state index < -0.39 is 10.9 Å². The quantitative estimate of drug-likeness (QED) is 0.298. The standard InChI is InChI=1S/C21H16N2O5/c1-3-28-21(24)19-12-15(17-13-16(27-2)10-11-18(17)22-19)9-8-14-6-4-5-7-20(14)23(25)26/h4-7,10-13H,3H2,1-2H3. The van der Waals surface area contributed by atoms with Gasteiger partial charge in [-0.3, -0.25) is 10.1 Å². The van der Waals surface area contributed by atoms with E-state index in [0.717, 1.165) is 0 Å². The lowest BCUT2D eigenvalue weighted by Crippen LogP contribution is -2.07. The SMILES string of the molecule is CCOC(=O)c1cc(C#Cc2ccccc2[N+](=O)[O-])c2cc(OC)ccc2n1. The maximum absolute atomic E-state index is 12.1. The maximum atomic E-state index is 12.1. The fourth-order valence-corrected chi connectivity index (χ4v) is 2.62. The average molecular weight is 376 g/mol. The molecule has 0 atom stereocenters. The molecule has 0 bridgehead atoms. The lowest BCUT2D eigenvalue weighted by molar-refractivity contribution is -0.385. The van der Waals surface area contributed by atoms with Gasteiger partial charge in [0.2, 0.25) is 0 Å². The molecule has 0 saturated carbocycles. The molecule has 3 rings (SSSR count). The number of aromatic nitrogens is 1. The summed E-state index contributed by atoms with van der Waals surface area (Å²) in [6.07, 6.45) is 0. The molecule has 7 nitrogen and oxygen atoms in total. The molecular weight excluding hydrogens is 360 g/mol. The van der Waals surface area contributed by atoms with Crippen LogP contribution >= 0.6 is 0 Å². The highest BCUT2D eigenvalue weighted by atomic mass is 16.6. The number of pyridine rings is 1. The summed E-state index contributed by atoms with van der Waals surface area (Å²) in [5.74, 6) is 5.80. The van der Waals surface area contributed by atoms with Gasteiger partial charge in [0.1, 0.15) is 17.0 Å². The van der Waals surface area contributed by atoms with E-state index in [1.807, 2.05) is 0 Å². The van der Waals surface area contributed by atoms with E-state index in [0.29, 0.717) is 22.2 Å². The molecule has 2 aromatic carbocycles. The van der Waals surface area contributed by atoms with Gasteiger partial charge in [-0.05, 0) is 37.3 Å². The molecule has 0 radical (unpaired) electrons. The van der Waals surface area contributed by atoms with Crippen LogP contribution in [0.1, 0.15) is 28.5 Å². The first kappa shape index (κ1) is 18.9. The van der Waals surface area contributed by atoms with Crippen molar-refractivity contribution in [3.63, 3.8) is 0 Å². The minimum atomic E-state index is -0.561. The van der Waals surface area contributed by atoms with E-state index in [1.54, 1.807) is 50.4 Å². The van der Waals surface area contributed by atoms with Crippen molar-refractivity contribution in [2.24, 2.45) is 0 Å². The van der Waals surface area contributed by atoms with Crippen molar-refractivity contribution in [1.82, 2.24) is 4.98 Å². The van der Waals surface area contributed by atoms with Crippen molar-refractivity contribution in [3.8, 4) is 17.6 Å². The van der Waals surface area contributed by atoms with Crippen molar-refractivity contribution in [3.05, 3.63) is 75.5 Å². The Kier molecular flexibility index (Phi) is 5.51. The molecule has 0 N–H and O–H groups in total. The Bertz CT molecular complexity index is 1130. The molecular formula is C21H16N2O5. The summed E-state index contributed by atoms with van der Waals surface area (Å²) in [6, 6.07) is 12.9. The van der Waals surface area contributed by atoms with Crippen LogP contribution in [0.25, 0.3) is 10.9 Å². The molecule has 0 unspecified atom stereocenters. The molecule has 0 aliphatic carbocycles. The Morgan fingerprint density at radius 2 is 1.89 bits per heavy atom. The summed E-state index contributed by atoms with van der Waals surface area (Å²) in [4.78, 5) is 27.2. The predicted molar refractivity (Wildman–Crippen MR) is 103 cm³/mol. The normalized spacial score (nSPS) is 10.1. The molecule has 3 aromatic rings. The first-order valence-electron chi connectivity index (χ1n) is 8.45. The fraction of sp³-hybridized carbons (Fsp3) is 0.143. The Hall–Kier alpha value is -3.92. The molecule has 140 valence electrons. The van der Waals surface area contributed by atoms with Crippen molar-refractivity contribution >= 4 is 22.6 Å². The highest BCUT2D eigenvalue weighted by Gasteiger charge is 2.14. The van der Waals surface area contributed by atoms with Gasteiger partial charge in [-0.15, -0.1) is 0 Å². The zero-order valence-corrected chi connectivity index (χ0v) is 15.3. The number of fused-ring (bicyclic) bond motifs is 1. The third-order valence-corrected chi connectivity index (χ3v) is 3.93. The van der Waals surface area contributed by atoms with Crippen LogP contribution in [0.5, 0.6) is 5.75 Å². The van der Waals surface area contributed by atoms with Gasteiger partial charge in [0.25, 0.3) is 5.69 Å². The number of methoxy groups -OCH3 is 1. The minimum Gasteiger partial charge on any atom is -0.497 e. The first-order chi connectivity index (χ1) is 13.5. The van der Waals surface area contributed by atoms with Crippen LogP contribution in [0.2, 0.25) is 0 Å². The molecule has 0 aliphatic rings. The van der Waals surface area contributed by atoms with Gasteiger partial charge >= 0.3 is 5.97 Å². The number of esters is 1. The number of hydrogen-bond donors (Lipinski definition) is 0. The van der Waals surface area contributed by atoms with Gasteiger partial charge in [-0.1, -0.05) is 24.0 Å². The number of nitrogens with zero attached hydrogens (tertiary/aromatic N) is 2. The number of hydrogen-bond acceptors (Lipinski definition) is 6. The number of nitro benzene ring substituents is 1. The second-order valence-electron chi connectivity index (χ2n) is 5.68. The van der Waals surface area contributed by atoms with Crippen LogP contribution in [0, 0.1) is 22.0 Å². The summed E-state index contributed by atoms with van der Waals surface area (Å²) in [5, 5.41) is 11.9. The van der Waals surface area contributed by atoms with E-state index in [4.69, 9.17) is 9.47 Å². The molecule has 0 saturated heterocycles. The van der Waals surface area contributed by atoms with Gasteiger partial charge in [-0.25, -0.2) is 9.78 Å². The van der Waals surface area contributed by atoms with Gasteiger partial charge in [0.05, 0.1) is 24.2 Å². The molecule has 0 spiro atoms. The maximum Gasteiger partial charge on any atom is 0.356 e. The summed E-state index contributed by atoms with van der Waals surface area (Å²) in [7, 11) is 1.54. The monoisotopic (exact) mass is 376 g/mol. The second kappa shape index (κ2) is 8.18. The highest BCUT2D eigenvalue weighted by Crippen LogP contribution is 2.24. The number of carbonyl (C=O) groups is 1. The Morgan fingerprint density at radius 3 is 2.61 bits per heavy atom. The van der Waals surface area contributed by atoms with Gasteiger partial charge in [0, 0.05) is 17.0 Å². The van der Waals surface area contributed by atoms with Crippen LogP contribution in [0.4, 0.5) is 5.69 Å². The van der Waals surface area contributed by atoms with Crippen LogP contribution in [0.3, 0.4) is 0 Å². The van der Waals surface area contributed by atoms with Crippen LogP contribution in [0.15, 0.2) is 48.5 Å². The van der Waals surface area contributed by atoms with E-state index in [1.165, 1.54) is 12.1 Å². The molecule has 1 aromatic heterocycles. The Labute approximate surface area is 161 Å². The van der Waals surface area contributed by atoms with Crippen LogP contribution < -0.4 is 4.74 Å². The third kappa shape index (κ3) is 3.91. The second-order valence-corrected chi connectivity index (χ2v) is 5.68. The fourth-order valence-electron chi connectivity index (χ4n) is 2.62. The van der Waals surface area contributed by atoms with Gasteiger partial charge < -0.3 is 9.47 Å². The Balaban J connectivity index is 2.19. The lowest BCUT2D eigenvalue weighted by atomic mass is 10.1. The van der Waals surface area contributed by atoms with Crippen molar-refractivity contribution < 1.29 is 19.2 Å². The largest absolute Gasteiger partial charge is 0.497 e. The first-order valence-corrected chi connectivity index (χ1v) is 8.45. The number of nitro groups is 1. The number of benzene rings is 2. The highest BCUT2D eigenvalue weighted by molar-refractivity contribution is 5.94. The summed E-state index contributed by atoms with van der Waals surface area (Å²) in [6.45, 7) is 1.93. The van der Waals surface area contributed by atoms with Crippen LogP contribution in [-0.4, -0.2) is 29.6 Å². The number of carbonyl (C=O) groups excluding carboxylic acids is 1. The third-order valence-electron chi connectivity index (χ3n) is 3.93. The zero-order chi connectivity index (χ0) is 20.1. The summed E-state index contributed by atoms with van der Waals surface area (Å²) in [5.41, 5.74) is 1.34. The molecule has 0 amide bonds. The number of para-hydroxylation sites is 1. The van der Waals surface area contributed by atoms with E-state index in [9.17, 15) is 14.9 Å².